The summed E-state index contributed by atoms with van der Waals surface area (Å²) in [6.07, 6.45) is 2.58. The SMILES string of the molecule is O=C(O)[C@H]1CCN(C(=O)c2cc(C3CC3)nc3onc(-c4ccccc4)c23)C1. The van der Waals surface area contributed by atoms with E-state index in [0.29, 0.717) is 41.2 Å². The topological polar surface area (TPSA) is 96.5 Å². The number of carboxylic acids is 1. The van der Waals surface area contributed by atoms with Gasteiger partial charge in [0, 0.05) is 30.3 Å². The molecule has 1 aliphatic heterocycles. The Morgan fingerprint density at radius 1 is 1.14 bits per heavy atom. The van der Waals surface area contributed by atoms with E-state index in [9.17, 15) is 14.7 Å². The van der Waals surface area contributed by atoms with Gasteiger partial charge in [-0.05, 0) is 25.3 Å². The van der Waals surface area contributed by atoms with Gasteiger partial charge in [0.05, 0.1) is 16.9 Å². The van der Waals surface area contributed by atoms with Crippen molar-refractivity contribution < 1.29 is 19.2 Å². The van der Waals surface area contributed by atoms with E-state index in [1.165, 1.54) is 0 Å². The molecule has 28 heavy (non-hydrogen) atoms. The zero-order chi connectivity index (χ0) is 19.3. The van der Waals surface area contributed by atoms with Crippen molar-refractivity contribution >= 4 is 23.0 Å². The monoisotopic (exact) mass is 377 g/mol. The standard InChI is InChI=1S/C21H19N3O4/c25-20(24-9-8-14(11-24)21(26)27)15-10-16(12-6-7-12)22-19-17(15)18(23-28-19)13-4-2-1-3-5-13/h1-5,10,12,14H,6-9,11H2,(H,26,27)/t14-/m0/s1. The predicted octanol–water partition coefficient (Wildman–Crippen LogP) is 3.31. The molecule has 1 saturated heterocycles. The van der Waals surface area contributed by atoms with Gasteiger partial charge in [-0.25, -0.2) is 4.98 Å². The zero-order valence-corrected chi connectivity index (χ0v) is 15.2. The van der Waals surface area contributed by atoms with Gasteiger partial charge in [-0.2, -0.15) is 0 Å². The Morgan fingerprint density at radius 3 is 2.61 bits per heavy atom. The lowest BCUT2D eigenvalue weighted by Crippen LogP contribution is -2.30. The van der Waals surface area contributed by atoms with Crippen molar-refractivity contribution in [2.45, 2.75) is 25.2 Å². The molecule has 1 aliphatic carbocycles. The van der Waals surface area contributed by atoms with E-state index >= 15 is 0 Å². The molecule has 3 heterocycles. The van der Waals surface area contributed by atoms with Crippen molar-refractivity contribution in [1.29, 1.82) is 0 Å². The molecule has 0 spiro atoms. The largest absolute Gasteiger partial charge is 0.481 e. The molecule has 7 heteroatoms. The fourth-order valence-corrected chi connectivity index (χ4v) is 3.84. The molecule has 1 amide bonds. The van der Waals surface area contributed by atoms with Crippen LogP contribution in [0.2, 0.25) is 0 Å². The highest BCUT2D eigenvalue weighted by molar-refractivity contribution is 6.09. The summed E-state index contributed by atoms with van der Waals surface area (Å²) in [5, 5.41) is 14.1. The minimum absolute atomic E-state index is 0.182. The molecular weight excluding hydrogens is 358 g/mol. The van der Waals surface area contributed by atoms with Crippen molar-refractivity contribution in [2.24, 2.45) is 5.92 Å². The highest BCUT2D eigenvalue weighted by Gasteiger charge is 2.34. The normalized spacial score (nSPS) is 19.3. The number of hydrogen-bond donors (Lipinski definition) is 1. The molecule has 0 unspecified atom stereocenters. The molecular formula is C21H19N3O4. The van der Waals surface area contributed by atoms with Crippen LogP contribution in [0.5, 0.6) is 0 Å². The number of carboxylic acid groups (broad SMARTS) is 1. The number of nitrogens with zero attached hydrogens (tertiary/aromatic N) is 3. The second kappa shape index (κ2) is 6.44. The summed E-state index contributed by atoms with van der Waals surface area (Å²) in [4.78, 5) is 30.9. The van der Waals surface area contributed by atoms with Crippen LogP contribution in [-0.2, 0) is 4.79 Å². The average Bonchev–Trinajstić information content (AvgIpc) is 3.28. The number of benzene rings is 1. The van der Waals surface area contributed by atoms with Gasteiger partial charge < -0.3 is 14.5 Å². The second-order valence-electron chi connectivity index (χ2n) is 7.52. The Hall–Kier alpha value is -3.22. The van der Waals surface area contributed by atoms with E-state index in [-0.39, 0.29) is 12.5 Å². The maximum absolute atomic E-state index is 13.3. The van der Waals surface area contributed by atoms with Crippen LogP contribution in [0, 0.1) is 5.92 Å². The van der Waals surface area contributed by atoms with E-state index in [4.69, 9.17) is 4.52 Å². The lowest BCUT2D eigenvalue weighted by atomic mass is 10.0. The lowest BCUT2D eigenvalue weighted by molar-refractivity contribution is -0.141. The molecule has 142 valence electrons. The van der Waals surface area contributed by atoms with Crippen molar-refractivity contribution in [3.8, 4) is 11.3 Å². The zero-order valence-electron chi connectivity index (χ0n) is 15.2. The van der Waals surface area contributed by atoms with E-state index < -0.39 is 11.9 Å². The van der Waals surface area contributed by atoms with Gasteiger partial charge in [-0.15, -0.1) is 0 Å². The van der Waals surface area contributed by atoms with E-state index in [2.05, 4.69) is 10.1 Å². The summed E-state index contributed by atoms with van der Waals surface area (Å²) in [7, 11) is 0. The quantitative estimate of drug-likeness (QED) is 0.749. The minimum atomic E-state index is -0.858. The first-order valence-electron chi connectivity index (χ1n) is 9.49. The van der Waals surface area contributed by atoms with Gasteiger partial charge in [0.2, 0.25) is 0 Å². The molecule has 7 nitrogen and oxygen atoms in total. The van der Waals surface area contributed by atoms with Crippen LogP contribution in [0.1, 0.15) is 41.2 Å². The van der Waals surface area contributed by atoms with Gasteiger partial charge in [-0.1, -0.05) is 35.5 Å². The second-order valence-corrected chi connectivity index (χ2v) is 7.52. The molecule has 1 aromatic carbocycles. The first kappa shape index (κ1) is 16.9. The lowest BCUT2D eigenvalue weighted by Gasteiger charge is -2.17. The summed E-state index contributed by atoms with van der Waals surface area (Å²) < 4.78 is 5.51. The number of aromatic nitrogens is 2. The van der Waals surface area contributed by atoms with Crippen LogP contribution in [0.3, 0.4) is 0 Å². The molecule has 0 bridgehead atoms. The Balaban J connectivity index is 1.62. The molecule has 1 atom stereocenters. The Labute approximate surface area is 161 Å². The summed E-state index contributed by atoms with van der Waals surface area (Å²) in [5.74, 6) is -1.20. The summed E-state index contributed by atoms with van der Waals surface area (Å²) in [6.45, 7) is 0.660. The molecule has 2 aliphatic rings. The number of carbonyl (C=O) groups excluding carboxylic acids is 1. The number of amides is 1. The smallest absolute Gasteiger partial charge is 0.308 e. The van der Waals surface area contributed by atoms with E-state index in [1.54, 1.807) is 4.90 Å². The number of fused-ring (bicyclic) bond motifs is 1. The van der Waals surface area contributed by atoms with Crippen LogP contribution < -0.4 is 0 Å². The van der Waals surface area contributed by atoms with Gasteiger partial charge >= 0.3 is 5.97 Å². The van der Waals surface area contributed by atoms with Crippen molar-refractivity contribution in [3.05, 3.63) is 47.7 Å². The third kappa shape index (κ3) is 2.83. The van der Waals surface area contributed by atoms with Gasteiger partial charge in [0.1, 0.15) is 5.69 Å². The van der Waals surface area contributed by atoms with Crippen LogP contribution in [-0.4, -0.2) is 45.1 Å². The third-order valence-electron chi connectivity index (χ3n) is 5.56. The molecule has 1 saturated carbocycles. The summed E-state index contributed by atoms with van der Waals surface area (Å²) in [6, 6.07) is 11.4. The Kier molecular flexibility index (Phi) is 3.89. The number of rotatable bonds is 4. The number of hydrogen-bond acceptors (Lipinski definition) is 5. The number of carbonyl (C=O) groups is 2. The highest BCUT2D eigenvalue weighted by atomic mass is 16.5. The number of aliphatic carboxylic acids is 1. The van der Waals surface area contributed by atoms with Gasteiger partial charge in [0.25, 0.3) is 11.6 Å². The first-order chi connectivity index (χ1) is 13.6. The maximum Gasteiger partial charge on any atom is 0.308 e. The molecule has 0 radical (unpaired) electrons. The predicted molar refractivity (Wildman–Crippen MR) is 101 cm³/mol. The third-order valence-corrected chi connectivity index (χ3v) is 5.56. The molecule has 2 aromatic heterocycles. The molecule has 3 aromatic rings. The summed E-state index contributed by atoms with van der Waals surface area (Å²) in [5.41, 5.74) is 3.14. The fraction of sp³-hybridized carbons (Fsp3) is 0.333. The van der Waals surface area contributed by atoms with E-state index in [1.807, 2.05) is 36.4 Å². The number of likely N-dealkylation sites (tertiary alicyclic amines) is 1. The summed E-state index contributed by atoms with van der Waals surface area (Å²) >= 11 is 0. The van der Waals surface area contributed by atoms with Crippen LogP contribution in [0.15, 0.2) is 40.9 Å². The Morgan fingerprint density at radius 2 is 1.93 bits per heavy atom. The average molecular weight is 377 g/mol. The van der Waals surface area contributed by atoms with Gasteiger partial charge in [0.15, 0.2) is 0 Å². The molecule has 1 N–H and O–H groups in total. The Bertz CT molecular complexity index is 1070. The van der Waals surface area contributed by atoms with Crippen molar-refractivity contribution in [3.63, 3.8) is 0 Å². The molecule has 2 fully saturated rings. The fourth-order valence-electron chi connectivity index (χ4n) is 3.84. The first-order valence-corrected chi connectivity index (χ1v) is 9.49. The van der Waals surface area contributed by atoms with Crippen molar-refractivity contribution in [1.82, 2.24) is 15.0 Å². The van der Waals surface area contributed by atoms with Crippen LogP contribution in [0.4, 0.5) is 0 Å². The van der Waals surface area contributed by atoms with E-state index in [0.717, 1.165) is 24.1 Å². The van der Waals surface area contributed by atoms with Crippen LogP contribution >= 0.6 is 0 Å². The number of pyridine rings is 1. The van der Waals surface area contributed by atoms with Crippen molar-refractivity contribution in [2.75, 3.05) is 13.1 Å². The van der Waals surface area contributed by atoms with Gasteiger partial charge in [-0.3, -0.25) is 9.59 Å². The maximum atomic E-state index is 13.3. The molecule has 5 rings (SSSR count). The highest BCUT2D eigenvalue weighted by Crippen LogP contribution is 2.41. The minimum Gasteiger partial charge on any atom is -0.481 e. The van der Waals surface area contributed by atoms with Crippen LogP contribution in [0.25, 0.3) is 22.4 Å².